The van der Waals surface area contributed by atoms with Crippen LogP contribution in [0.25, 0.3) is 0 Å². The molecule has 0 unspecified atom stereocenters. The Morgan fingerprint density at radius 1 is 1.43 bits per heavy atom. The molecular weight excluding hydrogens is 266 g/mol. The summed E-state index contributed by atoms with van der Waals surface area (Å²) in [5, 5.41) is 3.77. The summed E-state index contributed by atoms with van der Waals surface area (Å²) in [5.74, 6) is 2.25. The van der Waals surface area contributed by atoms with Crippen molar-refractivity contribution in [1.29, 1.82) is 0 Å². The number of hydrogen-bond acceptors (Lipinski definition) is 4. The molecule has 21 heavy (non-hydrogen) atoms. The van der Waals surface area contributed by atoms with Gasteiger partial charge in [-0.2, -0.15) is 0 Å². The average Bonchev–Trinajstić information content (AvgIpc) is 2.84. The SMILES string of the molecule is C#CCO/N=C/C(C)=C/[C@@H]1[C@@H](C(=O)OC(C)(C)C)C1(C)C. The van der Waals surface area contributed by atoms with Crippen molar-refractivity contribution in [3.63, 3.8) is 0 Å². The molecule has 0 spiro atoms. The normalized spacial score (nSPS) is 24.5. The zero-order chi connectivity index (χ0) is 16.3. The lowest BCUT2D eigenvalue weighted by molar-refractivity contribution is -0.157. The molecule has 0 bridgehead atoms. The van der Waals surface area contributed by atoms with E-state index in [1.807, 2.05) is 33.8 Å². The number of allylic oxidation sites excluding steroid dienone is 2. The highest BCUT2D eigenvalue weighted by molar-refractivity contribution is 5.81. The molecule has 1 aliphatic carbocycles. The molecule has 4 nitrogen and oxygen atoms in total. The average molecular weight is 291 g/mol. The second kappa shape index (κ2) is 6.34. The zero-order valence-electron chi connectivity index (χ0n) is 13.8. The monoisotopic (exact) mass is 291 g/mol. The van der Waals surface area contributed by atoms with Crippen LogP contribution in [-0.2, 0) is 14.4 Å². The van der Waals surface area contributed by atoms with Gasteiger partial charge in [-0.15, -0.1) is 6.42 Å². The van der Waals surface area contributed by atoms with E-state index in [9.17, 15) is 4.79 Å². The molecule has 2 atom stereocenters. The van der Waals surface area contributed by atoms with Gasteiger partial charge in [0.05, 0.1) is 12.1 Å². The summed E-state index contributed by atoms with van der Waals surface area (Å²) >= 11 is 0. The second-order valence-electron chi connectivity index (χ2n) is 6.98. The summed E-state index contributed by atoms with van der Waals surface area (Å²) in [4.78, 5) is 17.0. The number of rotatable bonds is 5. The molecular formula is C17H25NO3. The van der Waals surface area contributed by atoms with Crippen LogP contribution in [0.5, 0.6) is 0 Å². The minimum Gasteiger partial charge on any atom is -0.460 e. The van der Waals surface area contributed by atoms with E-state index < -0.39 is 5.60 Å². The second-order valence-corrected chi connectivity index (χ2v) is 6.98. The van der Waals surface area contributed by atoms with Crippen LogP contribution in [0.1, 0.15) is 41.5 Å². The molecule has 0 saturated heterocycles. The van der Waals surface area contributed by atoms with E-state index in [0.717, 1.165) is 5.57 Å². The predicted molar refractivity (Wildman–Crippen MR) is 83.6 cm³/mol. The maximum Gasteiger partial charge on any atom is 0.310 e. The Morgan fingerprint density at radius 3 is 2.57 bits per heavy atom. The molecule has 0 radical (unpaired) electrons. The van der Waals surface area contributed by atoms with Crippen molar-refractivity contribution >= 4 is 12.2 Å². The molecule has 0 heterocycles. The van der Waals surface area contributed by atoms with Gasteiger partial charge in [-0.25, -0.2) is 0 Å². The van der Waals surface area contributed by atoms with Crippen LogP contribution in [0.4, 0.5) is 0 Å². The number of carbonyl (C=O) groups excluding carboxylic acids is 1. The third-order valence-electron chi connectivity index (χ3n) is 3.49. The number of ether oxygens (including phenoxy) is 1. The van der Waals surface area contributed by atoms with Gasteiger partial charge in [0.25, 0.3) is 0 Å². The molecule has 1 aliphatic rings. The van der Waals surface area contributed by atoms with Crippen molar-refractivity contribution in [2.75, 3.05) is 6.61 Å². The lowest BCUT2D eigenvalue weighted by atomic mass is 10.1. The van der Waals surface area contributed by atoms with E-state index in [1.54, 1.807) is 6.21 Å². The van der Waals surface area contributed by atoms with E-state index in [2.05, 4.69) is 24.9 Å². The fourth-order valence-electron chi connectivity index (χ4n) is 2.33. The van der Waals surface area contributed by atoms with Crippen LogP contribution in [0.15, 0.2) is 16.8 Å². The number of terminal acetylenes is 1. The van der Waals surface area contributed by atoms with E-state index in [1.165, 1.54) is 0 Å². The van der Waals surface area contributed by atoms with Crippen LogP contribution in [0.2, 0.25) is 0 Å². The smallest absolute Gasteiger partial charge is 0.310 e. The van der Waals surface area contributed by atoms with Gasteiger partial charge in [0.1, 0.15) is 5.60 Å². The first-order chi connectivity index (χ1) is 9.59. The Labute approximate surface area is 127 Å². The maximum absolute atomic E-state index is 12.2. The first-order valence-corrected chi connectivity index (χ1v) is 7.09. The van der Waals surface area contributed by atoms with Gasteiger partial charge in [0.2, 0.25) is 0 Å². The first kappa shape index (κ1) is 17.3. The molecule has 0 aromatic heterocycles. The van der Waals surface area contributed by atoms with Crippen LogP contribution in [-0.4, -0.2) is 24.4 Å². The summed E-state index contributed by atoms with van der Waals surface area (Å²) in [6.45, 7) is 11.9. The van der Waals surface area contributed by atoms with Crippen molar-refractivity contribution in [3.8, 4) is 12.3 Å². The molecule has 1 fully saturated rings. The van der Waals surface area contributed by atoms with E-state index in [-0.39, 0.29) is 29.8 Å². The van der Waals surface area contributed by atoms with E-state index >= 15 is 0 Å². The Morgan fingerprint density at radius 2 is 2.05 bits per heavy atom. The van der Waals surface area contributed by atoms with Crippen LogP contribution in [0, 0.1) is 29.6 Å². The topological polar surface area (TPSA) is 47.9 Å². The van der Waals surface area contributed by atoms with Crippen molar-refractivity contribution in [3.05, 3.63) is 11.6 Å². The highest BCUT2D eigenvalue weighted by Gasteiger charge is 2.61. The standard InChI is InChI=1S/C17H25NO3/c1-8-9-20-18-11-12(2)10-13-14(17(13,6)7)15(19)21-16(3,4)5/h1,10-11,13-14H,9H2,2-7H3/b12-10+,18-11+/t13-,14+/m1/s1. The van der Waals surface area contributed by atoms with Gasteiger partial charge >= 0.3 is 5.97 Å². The lowest BCUT2D eigenvalue weighted by Gasteiger charge is -2.19. The molecule has 0 N–H and O–H groups in total. The van der Waals surface area contributed by atoms with Crippen molar-refractivity contribution < 1.29 is 14.4 Å². The minimum atomic E-state index is -0.455. The van der Waals surface area contributed by atoms with Gasteiger partial charge in [-0.3, -0.25) is 4.79 Å². The molecule has 0 aromatic rings. The summed E-state index contributed by atoms with van der Waals surface area (Å²) < 4.78 is 5.47. The molecule has 0 amide bonds. The molecule has 4 heteroatoms. The molecule has 116 valence electrons. The minimum absolute atomic E-state index is 0.0862. The summed E-state index contributed by atoms with van der Waals surface area (Å²) in [6, 6.07) is 0. The highest BCUT2D eigenvalue weighted by atomic mass is 16.6. The number of nitrogens with zero attached hydrogens (tertiary/aromatic N) is 1. The fraction of sp³-hybridized carbons (Fsp3) is 0.647. The number of carbonyl (C=O) groups is 1. The third-order valence-corrected chi connectivity index (χ3v) is 3.49. The number of esters is 1. The van der Waals surface area contributed by atoms with Crippen LogP contribution < -0.4 is 0 Å². The first-order valence-electron chi connectivity index (χ1n) is 7.09. The Kier molecular flexibility index (Phi) is 5.22. The summed E-state index contributed by atoms with van der Waals surface area (Å²) in [6.07, 6.45) is 8.71. The lowest BCUT2D eigenvalue weighted by Crippen LogP contribution is -2.26. The molecule has 1 saturated carbocycles. The number of hydrogen-bond donors (Lipinski definition) is 0. The number of oxime groups is 1. The van der Waals surface area contributed by atoms with Gasteiger partial charge in [0, 0.05) is 0 Å². The quantitative estimate of drug-likeness (QED) is 0.257. The molecule has 0 aliphatic heterocycles. The van der Waals surface area contributed by atoms with Crippen molar-refractivity contribution in [1.82, 2.24) is 0 Å². The zero-order valence-corrected chi connectivity index (χ0v) is 13.8. The summed E-state index contributed by atoms with van der Waals surface area (Å²) in [7, 11) is 0. The third kappa shape index (κ3) is 4.93. The van der Waals surface area contributed by atoms with Gasteiger partial charge in [0.15, 0.2) is 6.61 Å². The van der Waals surface area contributed by atoms with Gasteiger partial charge in [-0.05, 0) is 44.6 Å². The predicted octanol–water partition coefficient (Wildman–Crippen LogP) is 3.18. The van der Waals surface area contributed by atoms with Gasteiger partial charge < -0.3 is 9.57 Å². The molecule has 1 rings (SSSR count). The Hall–Kier alpha value is -1.76. The fourth-order valence-corrected chi connectivity index (χ4v) is 2.33. The highest BCUT2D eigenvalue weighted by Crippen LogP contribution is 2.60. The van der Waals surface area contributed by atoms with Crippen molar-refractivity contribution in [2.24, 2.45) is 22.4 Å². The Balaban J connectivity index is 2.66. The van der Waals surface area contributed by atoms with Crippen LogP contribution >= 0.6 is 0 Å². The van der Waals surface area contributed by atoms with Crippen molar-refractivity contribution in [2.45, 2.75) is 47.1 Å². The Bertz CT molecular complexity index is 489. The van der Waals surface area contributed by atoms with E-state index in [4.69, 9.17) is 16.0 Å². The maximum atomic E-state index is 12.2. The largest absolute Gasteiger partial charge is 0.460 e. The van der Waals surface area contributed by atoms with Gasteiger partial charge in [-0.1, -0.05) is 31.0 Å². The molecule has 0 aromatic carbocycles. The van der Waals surface area contributed by atoms with Crippen LogP contribution in [0.3, 0.4) is 0 Å². The van der Waals surface area contributed by atoms with E-state index in [0.29, 0.717) is 0 Å². The summed E-state index contributed by atoms with van der Waals surface area (Å²) in [5.41, 5.74) is 0.400.